The first-order chi connectivity index (χ1) is 6.71. The molecular formula is C10H18N4. The van der Waals surface area contributed by atoms with E-state index in [9.17, 15) is 0 Å². The van der Waals surface area contributed by atoms with Gasteiger partial charge in [-0.3, -0.25) is 4.99 Å². The molecule has 78 valence electrons. The first kappa shape index (κ1) is 9.52. The summed E-state index contributed by atoms with van der Waals surface area (Å²) in [5.74, 6) is 1.04. The zero-order valence-electron chi connectivity index (χ0n) is 8.37. The molecule has 1 unspecified atom stereocenters. The molecule has 2 rings (SSSR count). The van der Waals surface area contributed by atoms with Crippen molar-refractivity contribution in [3.63, 3.8) is 0 Å². The molecule has 0 bridgehead atoms. The summed E-state index contributed by atoms with van der Waals surface area (Å²) < 4.78 is 0. The topological polar surface area (TPSA) is 76.4 Å². The highest BCUT2D eigenvalue weighted by molar-refractivity contribution is 5.72. The molecule has 0 aromatic carbocycles. The highest BCUT2D eigenvalue weighted by atomic mass is 15.2. The van der Waals surface area contributed by atoms with Crippen LogP contribution in [0.3, 0.4) is 0 Å². The van der Waals surface area contributed by atoms with Crippen molar-refractivity contribution in [3.05, 3.63) is 12.0 Å². The number of rotatable bonds is 1. The summed E-state index contributed by atoms with van der Waals surface area (Å²) in [7, 11) is 0. The molecule has 0 amide bonds. The molecule has 5 N–H and O–H groups in total. The quantitative estimate of drug-likeness (QED) is 0.573. The summed E-state index contributed by atoms with van der Waals surface area (Å²) in [6.45, 7) is 0. The molecule has 1 aliphatic heterocycles. The lowest BCUT2D eigenvalue weighted by molar-refractivity contribution is 0.241. The number of nitrogens with zero attached hydrogens (tertiary/aromatic N) is 1. The van der Waals surface area contributed by atoms with Gasteiger partial charge in [0.1, 0.15) is 11.5 Å². The molecule has 1 heterocycles. The van der Waals surface area contributed by atoms with Crippen LogP contribution in [0.1, 0.15) is 32.1 Å². The van der Waals surface area contributed by atoms with Crippen LogP contribution in [0.5, 0.6) is 0 Å². The van der Waals surface area contributed by atoms with Crippen LogP contribution in [-0.2, 0) is 0 Å². The Morgan fingerprint density at radius 1 is 1.36 bits per heavy atom. The van der Waals surface area contributed by atoms with Crippen LogP contribution in [-0.4, -0.2) is 11.9 Å². The van der Waals surface area contributed by atoms with E-state index in [1.165, 1.54) is 32.1 Å². The Labute approximate surface area is 84.4 Å². The Balaban J connectivity index is 2.08. The minimum absolute atomic E-state index is 0.465. The van der Waals surface area contributed by atoms with E-state index in [-0.39, 0.29) is 0 Å². The maximum atomic E-state index is 6.24. The fraction of sp³-hybridized carbons (Fsp3) is 0.700. The third-order valence-corrected chi connectivity index (χ3v) is 3.14. The fourth-order valence-corrected chi connectivity index (χ4v) is 2.34. The van der Waals surface area contributed by atoms with Crippen molar-refractivity contribution in [2.75, 3.05) is 0 Å². The molecule has 1 saturated carbocycles. The predicted molar refractivity (Wildman–Crippen MR) is 57.4 cm³/mol. The Hall–Kier alpha value is -1.03. The monoisotopic (exact) mass is 194 g/mol. The van der Waals surface area contributed by atoms with Gasteiger partial charge >= 0.3 is 0 Å². The Kier molecular flexibility index (Phi) is 2.46. The summed E-state index contributed by atoms with van der Waals surface area (Å²) in [4.78, 5) is 4.09. The van der Waals surface area contributed by atoms with E-state index >= 15 is 0 Å². The lowest BCUT2D eigenvalue weighted by Gasteiger charge is -2.39. The van der Waals surface area contributed by atoms with Crippen molar-refractivity contribution >= 4 is 6.21 Å². The van der Waals surface area contributed by atoms with Crippen molar-refractivity contribution < 1.29 is 0 Å². The summed E-state index contributed by atoms with van der Waals surface area (Å²) >= 11 is 0. The van der Waals surface area contributed by atoms with Gasteiger partial charge < -0.3 is 16.8 Å². The summed E-state index contributed by atoms with van der Waals surface area (Å²) in [6, 6.07) is 0. The molecule has 1 atom stereocenters. The van der Waals surface area contributed by atoms with Gasteiger partial charge in [0, 0.05) is 12.1 Å². The number of hydrogen-bond acceptors (Lipinski definition) is 4. The number of nitrogens with one attached hydrogen (secondary N) is 1. The predicted octanol–water partition coefficient (Wildman–Crippen LogP) is 0.653. The molecule has 14 heavy (non-hydrogen) atoms. The van der Waals surface area contributed by atoms with Gasteiger partial charge in [0.25, 0.3) is 0 Å². The molecule has 0 spiro atoms. The summed E-state index contributed by atoms with van der Waals surface area (Å²) in [5.41, 5.74) is 11.4. The fourth-order valence-electron chi connectivity index (χ4n) is 2.34. The average molecular weight is 194 g/mol. The second-order valence-corrected chi connectivity index (χ2v) is 4.26. The maximum absolute atomic E-state index is 6.24. The summed E-state index contributed by atoms with van der Waals surface area (Å²) in [5, 5.41) is 3.13. The van der Waals surface area contributed by atoms with E-state index in [4.69, 9.17) is 11.5 Å². The first-order valence-corrected chi connectivity index (χ1v) is 5.28. The SMILES string of the molecule is NC1=CN=CC(N)(C2CCCCC2)N1. The number of hydrogen-bond donors (Lipinski definition) is 3. The van der Waals surface area contributed by atoms with Crippen LogP contribution in [0.25, 0.3) is 0 Å². The first-order valence-electron chi connectivity index (χ1n) is 5.28. The van der Waals surface area contributed by atoms with Gasteiger partial charge in [0.05, 0.1) is 6.20 Å². The Morgan fingerprint density at radius 3 is 2.71 bits per heavy atom. The zero-order valence-corrected chi connectivity index (χ0v) is 8.37. The van der Waals surface area contributed by atoms with Crippen LogP contribution in [0.2, 0.25) is 0 Å². The number of nitrogens with two attached hydrogens (primary N) is 2. The van der Waals surface area contributed by atoms with E-state index in [2.05, 4.69) is 10.3 Å². The van der Waals surface area contributed by atoms with E-state index in [0.29, 0.717) is 11.7 Å². The molecule has 4 nitrogen and oxygen atoms in total. The van der Waals surface area contributed by atoms with E-state index in [1.807, 2.05) is 0 Å². The summed E-state index contributed by atoms with van der Waals surface area (Å²) in [6.07, 6.45) is 9.60. The lowest BCUT2D eigenvalue weighted by atomic mass is 9.80. The van der Waals surface area contributed by atoms with Crippen molar-refractivity contribution in [3.8, 4) is 0 Å². The molecular weight excluding hydrogens is 176 g/mol. The van der Waals surface area contributed by atoms with Crippen LogP contribution in [0, 0.1) is 5.92 Å². The highest BCUT2D eigenvalue weighted by Crippen LogP contribution is 2.30. The minimum Gasteiger partial charge on any atom is -0.384 e. The standard InChI is InChI=1S/C10H18N4/c11-9-6-13-7-10(12,14-9)8-4-2-1-3-5-8/h6-8,14H,1-5,11-12H2. The van der Waals surface area contributed by atoms with Crippen molar-refractivity contribution in [1.82, 2.24) is 5.32 Å². The van der Waals surface area contributed by atoms with E-state index in [1.54, 1.807) is 12.4 Å². The van der Waals surface area contributed by atoms with Gasteiger partial charge in [0.15, 0.2) is 0 Å². The maximum Gasteiger partial charge on any atom is 0.126 e. The molecule has 0 radical (unpaired) electrons. The van der Waals surface area contributed by atoms with Crippen LogP contribution in [0.4, 0.5) is 0 Å². The van der Waals surface area contributed by atoms with Crippen molar-refractivity contribution in [2.45, 2.75) is 37.8 Å². The third kappa shape index (κ3) is 1.75. The molecule has 1 aliphatic carbocycles. The van der Waals surface area contributed by atoms with Crippen molar-refractivity contribution in [1.29, 1.82) is 0 Å². The minimum atomic E-state index is -0.515. The second kappa shape index (κ2) is 3.61. The van der Waals surface area contributed by atoms with Crippen molar-refractivity contribution in [2.24, 2.45) is 22.4 Å². The molecule has 0 saturated heterocycles. The Morgan fingerprint density at radius 2 is 2.07 bits per heavy atom. The molecule has 0 aromatic heterocycles. The normalized spacial score (nSPS) is 33.6. The Bertz CT molecular complexity index is 265. The van der Waals surface area contributed by atoms with E-state index in [0.717, 1.165) is 0 Å². The molecule has 2 aliphatic rings. The molecule has 0 aromatic rings. The van der Waals surface area contributed by atoms with Gasteiger partial charge in [-0.05, 0) is 12.8 Å². The number of aliphatic imine (C=N–C) groups is 1. The second-order valence-electron chi connectivity index (χ2n) is 4.26. The lowest BCUT2D eigenvalue weighted by Crippen LogP contribution is -2.62. The van der Waals surface area contributed by atoms with Gasteiger partial charge in [-0.25, -0.2) is 0 Å². The third-order valence-electron chi connectivity index (χ3n) is 3.14. The molecule has 4 heteroatoms. The largest absolute Gasteiger partial charge is 0.384 e. The van der Waals surface area contributed by atoms with Crippen LogP contribution < -0.4 is 16.8 Å². The van der Waals surface area contributed by atoms with Crippen LogP contribution in [0.15, 0.2) is 17.0 Å². The van der Waals surface area contributed by atoms with E-state index < -0.39 is 5.66 Å². The van der Waals surface area contributed by atoms with Gasteiger partial charge in [0.2, 0.25) is 0 Å². The van der Waals surface area contributed by atoms with Gasteiger partial charge in [-0.1, -0.05) is 19.3 Å². The van der Waals surface area contributed by atoms with Gasteiger partial charge in [-0.2, -0.15) is 0 Å². The highest BCUT2D eigenvalue weighted by Gasteiger charge is 2.35. The molecule has 1 fully saturated rings. The smallest absolute Gasteiger partial charge is 0.126 e. The zero-order chi connectivity index (χ0) is 10.0. The van der Waals surface area contributed by atoms with Gasteiger partial charge in [-0.15, -0.1) is 0 Å². The average Bonchev–Trinajstić information content (AvgIpc) is 2.19. The van der Waals surface area contributed by atoms with Crippen LogP contribution >= 0.6 is 0 Å².